The van der Waals surface area contributed by atoms with Gasteiger partial charge in [-0.1, -0.05) is 13.8 Å². The number of furan rings is 1. The molecule has 4 rings (SSSR count). The highest BCUT2D eigenvalue weighted by atomic mass is 16.5. The molecule has 1 fully saturated rings. The summed E-state index contributed by atoms with van der Waals surface area (Å²) in [5.41, 5.74) is 0.820. The van der Waals surface area contributed by atoms with E-state index >= 15 is 0 Å². The average molecular weight is 410 g/mol. The normalized spacial score (nSPS) is 19.4. The van der Waals surface area contributed by atoms with Crippen LogP contribution in [0.3, 0.4) is 0 Å². The van der Waals surface area contributed by atoms with Gasteiger partial charge in [-0.15, -0.1) is 0 Å². The van der Waals surface area contributed by atoms with Crippen LogP contribution in [0, 0.1) is 5.92 Å². The van der Waals surface area contributed by atoms with E-state index in [1.54, 1.807) is 30.3 Å². The fourth-order valence-electron chi connectivity index (χ4n) is 3.93. The Balaban J connectivity index is 1.62. The highest BCUT2D eigenvalue weighted by Gasteiger charge is 2.36. The molecule has 1 atom stereocenters. The Morgan fingerprint density at radius 3 is 2.60 bits per heavy atom. The van der Waals surface area contributed by atoms with Gasteiger partial charge in [-0.05, 0) is 55.5 Å². The number of ketones is 1. The molecule has 0 aliphatic carbocycles. The summed E-state index contributed by atoms with van der Waals surface area (Å²) in [6.07, 6.45) is 3.24. The van der Waals surface area contributed by atoms with Gasteiger partial charge in [0.2, 0.25) is 11.7 Å². The molecule has 0 saturated carbocycles. The summed E-state index contributed by atoms with van der Waals surface area (Å²) in [7, 11) is 0. The Morgan fingerprint density at radius 1 is 1.17 bits per heavy atom. The zero-order valence-corrected chi connectivity index (χ0v) is 17.3. The second kappa shape index (κ2) is 8.34. The standard InChI is InChI=1S/C23H26N2O5/c1-3-18-23(28)25(14-21(26)24-10-8-15(2)9-11-24)17-13-16(6-7-19(17)30-18)22(27)20-5-4-12-29-20/h4-7,12-13,15,18H,3,8-11,14H2,1-2H3/t18-/m1/s1. The number of benzene rings is 1. The minimum Gasteiger partial charge on any atom is -0.478 e. The smallest absolute Gasteiger partial charge is 0.268 e. The van der Waals surface area contributed by atoms with Crippen LogP contribution in [0.2, 0.25) is 0 Å². The molecule has 2 aliphatic heterocycles. The zero-order valence-electron chi connectivity index (χ0n) is 17.3. The quantitative estimate of drug-likeness (QED) is 0.707. The second-order valence-electron chi connectivity index (χ2n) is 7.99. The number of hydrogen-bond acceptors (Lipinski definition) is 5. The number of hydrogen-bond donors (Lipinski definition) is 0. The van der Waals surface area contributed by atoms with Crippen LogP contribution in [-0.2, 0) is 9.59 Å². The molecule has 2 amide bonds. The SMILES string of the molecule is CC[C@H]1Oc2ccc(C(=O)c3ccco3)cc2N(CC(=O)N2CCC(C)CC2)C1=O. The first-order valence-electron chi connectivity index (χ1n) is 10.5. The lowest BCUT2D eigenvalue weighted by atomic mass is 9.99. The lowest BCUT2D eigenvalue weighted by Gasteiger charge is -2.36. The van der Waals surface area contributed by atoms with Crippen molar-refractivity contribution in [1.29, 1.82) is 0 Å². The summed E-state index contributed by atoms with van der Waals surface area (Å²) >= 11 is 0. The number of carbonyl (C=O) groups is 3. The Morgan fingerprint density at radius 2 is 1.93 bits per heavy atom. The lowest BCUT2D eigenvalue weighted by molar-refractivity contribution is -0.134. The van der Waals surface area contributed by atoms with Crippen LogP contribution >= 0.6 is 0 Å². The molecule has 1 aromatic heterocycles. The van der Waals surface area contributed by atoms with Gasteiger partial charge in [-0.2, -0.15) is 0 Å². The van der Waals surface area contributed by atoms with Crippen molar-refractivity contribution in [2.24, 2.45) is 5.92 Å². The number of nitrogens with zero attached hydrogens (tertiary/aromatic N) is 2. The Bertz CT molecular complexity index is 945. The number of likely N-dealkylation sites (tertiary alicyclic amines) is 1. The summed E-state index contributed by atoms with van der Waals surface area (Å²) in [5, 5.41) is 0. The predicted molar refractivity (Wildman–Crippen MR) is 111 cm³/mol. The summed E-state index contributed by atoms with van der Waals surface area (Å²) in [4.78, 5) is 41.9. The van der Waals surface area contributed by atoms with E-state index < -0.39 is 6.10 Å². The number of rotatable bonds is 5. The molecule has 1 aromatic carbocycles. The van der Waals surface area contributed by atoms with Gasteiger partial charge < -0.3 is 14.1 Å². The van der Waals surface area contributed by atoms with Gasteiger partial charge >= 0.3 is 0 Å². The maximum atomic E-state index is 13.0. The Kier molecular flexibility index (Phi) is 5.61. The maximum Gasteiger partial charge on any atom is 0.268 e. The van der Waals surface area contributed by atoms with Crippen LogP contribution < -0.4 is 9.64 Å². The molecular formula is C23H26N2O5. The predicted octanol–water partition coefficient (Wildman–Crippen LogP) is 3.27. The molecule has 158 valence electrons. The molecule has 30 heavy (non-hydrogen) atoms. The van der Waals surface area contributed by atoms with Gasteiger partial charge in [0.15, 0.2) is 11.9 Å². The second-order valence-corrected chi connectivity index (χ2v) is 7.99. The third-order valence-electron chi connectivity index (χ3n) is 5.87. The van der Waals surface area contributed by atoms with E-state index in [0.29, 0.717) is 42.4 Å². The largest absolute Gasteiger partial charge is 0.478 e. The van der Waals surface area contributed by atoms with Gasteiger partial charge in [0.05, 0.1) is 12.0 Å². The summed E-state index contributed by atoms with van der Waals surface area (Å²) in [5.74, 6) is 0.697. The van der Waals surface area contributed by atoms with Crippen LogP contribution in [0.25, 0.3) is 0 Å². The fraction of sp³-hybridized carbons (Fsp3) is 0.435. The van der Waals surface area contributed by atoms with Crippen LogP contribution in [-0.4, -0.2) is 48.2 Å². The van der Waals surface area contributed by atoms with E-state index in [2.05, 4.69) is 6.92 Å². The molecule has 0 spiro atoms. The minimum atomic E-state index is -0.640. The topological polar surface area (TPSA) is 80.1 Å². The molecule has 7 nitrogen and oxygen atoms in total. The first kappa shape index (κ1) is 20.2. The van der Waals surface area contributed by atoms with E-state index in [4.69, 9.17) is 9.15 Å². The third-order valence-corrected chi connectivity index (χ3v) is 5.87. The van der Waals surface area contributed by atoms with Crippen molar-refractivity contribution in [2.45, 2.75) is 39.2 Å². The highest BCUT2D eigenvalue weighted by molar-refractivity contribution is 6.10. The first-order valence-corrected chi connectivity index (χ1v) is 10.5. The summed E-state index contributed by atoms with van der Waals surface area (Å²) in [6.45, 7) is 5.42. The van der Waals surface area contributed by atoms with Gasteiger partial charge in [0.25, 0.3) is 5.91 Å². The van der Waals surface area contributed by atoms with Crippen molar-refractivity contribution >= 4 is 23.3 Å². The van der Waals surface area contributed by atoms with Crippen molar-refractivity contribution in [3.8, 4) is 5.75 Å². The Labute approximate surface area is 175 Å². The van der Waals surface area contributed by atoms with Crippen molar-refractivity contribution in [3.05, 3.63) is 47.9 Å². The number of anilines is 1. The van der Waals surface area contributed by atoms with Crippen molar-refractivity contribution in [3.63, 3.8) is 0 Å². The lowest BCUT2D eigenvalue weighted by Crippen LogP contribution is -2.51. The van der Waals surface area contributed by atoms with E-state index in [1.165, 1.54) is 11.2 Å². The summed E-state index contributed by atoms with van der Waals surface area (Å²) < 4.78 is 11.0. The van der Waals surface area contributed by atoms with Crippen LogP contribution in [0.5, 0.6) is 5.75 Å². The zero-order chi connectivity index (χ0) is 21.3. The van der Waals surface area contributed by atoms with E-state index in [-0.39, 0.29) is 29.9 Å². The molecule has 1 saturated heterocycles. The van der Waals surface area contributed by atoms with Gasteiger partial charge in [0.1, 0.15) is 12.3 Å². The molecular weight excluding hydrogens is 384 g/mol. The fourth-order valence-corrected chi connectivity index (χ4v) is 3.93. The third kappa shape index (κ3) is 3.84. The molecule has 3 heterocycles. The molecule has 0 radical (unpaired) electrons. The number of piperidine rings is 1. The van der Waals surface area contributed by atoms with Crippen LogP contribution in [0.15, 0.2) is 41.0 Å². The number of ether oxygens (including phenoxy) is 1. The average Bonchev–Trinajstić information content (AvgIpc) is 3.30. The minimum absolute atomic E-state index is 0.0571. The summed E-state index contributed by atoms with van der Waals surface area (Å²) in [6, 6.07) is 8.18. The van der Waals surface area contributed by atoms with E-state index in [1.807, 2.05) is 11.8 Å². The highest BCUT2D eigenvalue weighted by Crippen LogP contribution is 2.36. The molecule has 0 bridgehead atoms. The molecule has 7 heteroatoms. The van der Waals surface area contributed by atoms with Crippen molar-refractivity contribution in [2.75, 3.05) is 24.5 Å². The molecule has 2 aromatic rings. The number of carbonyl (C=O) groups excluding carboxylic acids is 3. The first-order chi connectivity index (χ1) is 14.5. The molecule has 2 aliphatic rings. The van der Waals surface area contributed by atoms with E-state index in [9.17, 15) is 14.4 Å². The van der Waals surface area contributed by atoms with Crippen molar-refractivity contribution in [1.82, 2.24) is 4.90 Å². The maximum absolute atomic E-state index is 13.0. The van der Waals surface area contributed by atoms with Gasteiger partial charge in [-0.25, -0.2) is 0 Å². The Hall–Kier alpha value is -3.09. The number of fused-ring (bicyclic) bond motifs is 1. The van der Waals surface area contributed by atoms with Crippen LogP contribution in [0.1, 0.15) is 49.2 Å². The monoisotopic (exact) mass is 410 g/mol. The molecule has 0 unspecified atom stereocenters. The van der Waals surface area contributed by atoms with Gasteiger partial charge in [0, 0.05) is 18.7 Å². The number of amides is 2. The van der Waals surface area contributed by atoms with Gasteiger partial charge in [-0.3, -0.25) is 19.3 Å². The van der Waals surface area contributed by atoms with Crippen LogP contribution in [0.4, 0.5) is 5.69 Å². The van der Waals surface area contributed by atoms with E-state index in [0.717, 1.165) is 12.8 Å². The van der Waals surface area contributed by atoms with Crippen molar-refractivity contribution < 1.29 is 23.5 Å². The molecule has 0 N–H and O–H groups in total.